The Bertz CT molecular complexity index is 2700. The van der Waals surface area contributed by atoms with Crippen LogP contribution in [0.5, 0.6) is 23.4 Å². The van der Waals surface area contributed by atoms with Crippen molar-refractivity contribution in [3.05, 3.63) is 101 Å². The molecular weight excluding hydrogens is 906 g/mol. The van der Waals surface area contributed by atoms with E-state index >= 15 is 0 Å². The van der Waals surface area contributed by atoms with Crippen molar-refractivity contribution in [1.82, 2.24) is 30.2 Å². The SMILES string of the molecule is CCOC(=O)[C@H]1Cc2cc(ccc2OCc2ccnc(OCCC(F)(F)F)n2)OCC(=O)N(CCN2CCNCC2)c2ccc(c(C)c2Cl)-c2c(-c3ccc(F)cc3)sc3ncnc(c23)O1. The third kappa shape index (κ3) is 10.9. The van der Waals surface area contributed by atoms with Crippen molar-refractivity contribution in [2.75, 3.05) is 64.0 Å². The predicted octanol–water partition coefficient (Wildman–Crippen LogP) is 8.01. The van der Waals surface area contributed by atoms with Crippen molar-refractivity contribution in [3.63, 3.8) is 0 Å². The van der Waals surface area contributed by atoms with Crippen LogP contribution in [-0.2, 0) is 27.4 Å². The highest BCUT2D eigenvalue weighted by Gasteiger charge is 2.31. The molecule has 0 aliphatic carbocycles. The maximum absolute atomic E-state index is 14.4. The zero-order valence-corrected chi connectivity index (χ0v) is 37.4. The molecule has 1 N–H and O–H groups in total. The average Bonchev–Trinajstić information content (AvgIpc) is 3.69. The lowest BCUT2D eigenvalue weighted by molar-refractivity contribution is -0.151. The highest BCUT2D eigenvalue weighted by atomic mass is 35.5. The standard InChI is InChI=1S/C46H44ClF4N7O7S/c1-3-61-44(60)36-23-29-22-32(8-11-35(29)64-24-31-12-14-53-45(56-31)62-21-13-46(49,50)51)63-25-37(59)58(20-19-57-17-15-52-16-18-57)34-10-9-33(27(2)40(34)47)38-39-42(65-36)54-26-55-43(39)66-41(38)28-4-6-30(48)7-5-28/h4-12,14,22,26,36,52H,3,13,15-21,23-25H2,1-2H3/t36-/m1/s1. The molecule has 3 aliphatic heterocycles. The first-order chi connectivity index (χ1) is 31.8. The summed E-state index contributed by atoms with van der Waals surface area (Å²) in [7, 11) is 0. The summed E-state index contributed by atoms with van der Waals surface area (Å²) in [5.74, 6) is -0.899. The van der Waals surface area contributed by atoms with Crippen LogP contribution in [0.1, 0.15) is 30.2 Å². The number of halogens is 5. The quantitative estimate of drug-likeness (QED) is 0.0933. The molecule has 1 amide bonds. The molecule has 0 spiro atoms. The molecule has 20 heteroatoms. The van der Waals surface area contributed by atoms with Crippen molar-refractivity contribution in [2.24, 2.45) is 0 Å². The number of rotatable bonds is 12. The van der Waals surface area contributed by atoms with E-state index in [1.165, 1.54) is 42.1 Å². The summed E-state index contributed by atoms with van der Waals surface area (Å²) in [5.41, 5.74) is 3.78. The van der Waals surface area contributed by atoms with Gasteiger partial charge in [0.15, 0.2) is 6.61 Å². The van der Waals surface area contributed by atoms with Crippen LogP contribution >= 0.6 is 22.9 Å². The second kappa shape index (κ2) is 20.6. The van der Waals surface area contributed by atoms with Crippen LogP contribution in [0, 0.1) is 12.7 Å². The molecule has 0 radical (unpaired) electrons. The molecule has 3 aromatic carbocycles. The summed E-state index contributed by atoms with van der Waals surface area (Å²) < 4.78 is 82.3. The fourth-order valence-electron chi connectivity index (χ4n) is 7.61. The van der Waals surface area contributed by atoms with E-state index in [1.807, 2.05) is 13.0 Å². The van der Waals surface area contributed by atoms with Gasteiger partial charge in [-0.25, -0.2) is 24.1 Å². The molecule has 9 rings (SSSR count). The Balaban J connectivity index is 1.23. The van der Waals surface area contributed by atoms with Crippen molar-refractivity contribution in [3.8, 4) is 45.0 Å². The van der Waals surface area contributed by atoms with E-state index in [2.05, 4.69) is 30.2 Å². The number of aromatic nitrogens is 4. The van der Waals surface area contributed by atoms with Gasteiger partial charge in [0.2, 0.25) is 12.0 Å². The molecule has 1 atom stereocenters. The Morgan fingerprint density at radius 3 is 2.59 bits per heavy atom. The molecule has 6 heterocycles. The molecule has 3 aliphatic rings. The maximum Gasteiger partial charge on any atom is 0.392 e. The van der Waals surface area contributed by atoms with Gasteiger partial charge >= 0.3 is 18.2 Å². The van der Waals surface area contributed by atoms with Crippen LogP contribution in [0.15, 0.2) is 73.2 Å². The summed E-state index contributed by atoms with van der Waals surface area (Å²) in [5, 5.41) is 4.14. The van der Waals surface area contributed by atoms with E-state index < -0.39 is 37.1 Å². The predicted molar refractivity (Wildman–Crippen MR) is 239 cm³/mol. The lowest BCUT2D eigenvalue weighted by Gasteiger charge is -2.31. The van der Waals surface area contributed by atoms with Crippen molar-refractivity contribution in [2.45, 2.75) is 45.6 Å². The monoisotopic (exact) mass is 949 g/mol. The molecule has 1 saturated heterocycles. The minimum Gasteiger partial charge on any atom is -0.487 e. The van der Waals surface area contributed by atoms with Gasteiger partial charge < -0.3 is 33.9 Å². The number of carbonyl (C=O) groups is 2. The smallest absolute Gasteiger partial charge is 0.392 e. The number of nitrogens with one attached hydrogen (secondary N) is 1. The molecule has 1 fully saturated rings. The summed E-state index contributed by atoms with van der Waals surface area (Å²) in [6.07, 6.45) is -4.41. The Hall–Kier alpha value is -6.15. The Morgan fingerprint density at radius 1 is 1.02 bits per heavy atom. The van der Waals surface area contributed by atoms with Gasteiger partial charge in [-0.05, 0) is 73.0 Å². The average molecular weight is 950 g/mol. The van der Waals surface area contributed by atoms with Gasteiger partial charge in [0.05, 0.1) is 34.8 Å². The van der Waals surface area contributed by atoms with Crippen LogP contribution in [-0.4, -0.2) is 108 Å². The molecule has 3 aromatic heterocycles. The molecular formula is C46H44ClF4N7O7S. The number of piperazine rings is 1. The van der Waals surface area contributed by atoms with E-state index in [1.54, 1.807) is 48.2 Å². The van der Waals surface area contributed by atoms with Crippen LogP contribution in [0.4, 0.5) is 23.2 Å². The van der Waals surface area contributed by atoms with Gasteiger partial charge in [0.25, 0.3) is 5.91 Å². The zero-order valence-electron chi connectivity index (χ0n) is 35.8. The first-order valence-electron chi connectivity index (χ1n) is 21.1. The van der Waals surface area contributed by atoms with Crippen LogP contribution < -0.4 is 29.2 Å². The minimum atomic E-state index is -4.42. The summed E-state index contributed by atoms with van der Waals surface area (Å²) in [6, 6.07) is 15.8. The highest BCUT2D eigenvalue weighted by molar-refractivity contribution is 7.22. The first-order valence-corrected chi connectivity index (χ1v) is 22.3. The number of ether oxygens (including phenoxy) is 5. The summed E-state index contributed by atoms with van der Waals surface area (Å²) >= 11 is 8.64. The molecule has 0 unspecified atom stereocenters. The normalized spacial score (nSPS) is 15.8. The third-order valence-electron chi connectivity index (χ3n) is 10.9. The molecule has 6 aromatic rings. The van der Waals surface area contributed by atoms with E-state index in [9.17, 15) is 27.2 Å². The molecule has 4 bridgehead atoms. The number of amides is 1. The van der Waals surface area contributed by atoms with Gasteiger partial charge in [0.1, 0.15) is 41.7 Å². The largest absolute Gasteiger partial charge is 0.487 e. The van der Waals surface area contributed by atoms with Crippen LogP contribution in [0.2, 0.25) is 5.02 Å². The zero-order chi connectivity index (χ0) is 46.4. The maximum atomic E-state index is 14.4. The lowest BCUT2D eigenvalue weighted by atomic mass is 9.95. The van der Waals surface area contributed by atoms with Gasteiger partial charge in [-0.1, -0.05) is 29.8 Å². The topological polar surface area (TPSA) is 150 Å². The fourth-order valence-corrected chi connectivity index (χ4v) is 9.03. The van der Waals surface area contributed by atoms with Crippen molar-refractivity contribution < 1.29 is 50.8 Å². The minimum absolute atomic E-state index is 0.0290. The summed E-state index contributed by atoms with van der Waals surface area (Å²) in [6.45, 7) is 6.48. The van der Waals surface area contributed by atoms with Crippen LogP contribution in [0.3, 0.4) is 0 Å². The van der Waals surface area contributed by atoms with Gasteiger partial charge in [-0.2, -0.15) is 18.2 Å². The number of carbonyl (C=O) groups excluding carboxylic acids is 2. The van der Waals surface area contributed by atoms with E-state index in [4.69, 9.17) is 35.3 Å². The summed E-state index contributed by atoms with van der Waals surface area (Å²) in [4.78, 5) is 50.7. The third-order valence-corrected chi connectivity index (χ3v) is 12.5. The number of alkyl halides is 3. The Kier molecular flexibility index (Phi) is 14.5. The second-order valence-electron chi connectivity index (χ2n) is 15.3. The van der Waals surface area contributed by atoms with Crippen LogP contribution in [0.25, 0.3) is 31.8 Å². The lowest BCUT2D eigenvalue weighted by Crippen LogP contribution is -2.47. The Labute approximate surface area is 385 Å². The van der Waals surface area contributed by atoms with Crippen molar-refractivity contribution in [1.29, 1.82) is 0 Å². The number of thiophene rings is 1. The number of nitrogens with zero attached hydrogens (tertiary/aromatic N) is 6. The van der Waals surface area contributed by atoms with Gasteiger partial charge in [-0.15, -0.1) is 11.3 Å². The number of benzene rings is 3. The molecule has 14 nitrogen and oxygen atoms in total. The van der Waals surface area contributed by atoms with E-state index in [-0.39, 0.29) is 55.5 Å². The van der Waals surface area contributed by atoms with E-state index in [0.717, 1.165) is 26.2 Å². The highest BCUT2D eigenvalue weighted by Crippen LogP contribution is 2.50. The van der Waals surface area contributed by atoms with Crippen molar-refractivity contribution >= 4 is 50.7 Å². The number of hydrogen-bond acceptors (Lipinski definition) is 14. The first kappa shape index (κ1) is 46.4. The number of anilines is 1. The Morgan fingerprint density at radius 2 is 1.82 bits per heavy atom. The number of hydrogen-bond donors (Lipinski definition) is 1. The molecule has 346 valence electrons. The second-order valence-corrected chi connectivity index (χ2v) is 16.7. The molecule has 0 saturated carbocycles. The van der Waals surface area contributed by atoms with Gasteiger partial charge in [0, 0.05) is 67.9 Å². The molecule has 66 heavy (non-hydrogen) atoms. The number of fused-ring (bicyclic) bond motifs is 7. The fraction of sp³-hybridized carbons (Fsp3) is 0.348. The van der Waals surface area contributed by atoms with E-state index in [0.29, 0.717) is 72.4 Å². The van der Waals surface area contributed by atoms with Gasteiger partial charge in [-0.3, -0.25) is 9.69 Å². The number of esters is 1.